The highest BCUT2D eigenvalue weighted by atomic mass is 32.1. The molecule has 4 heterocycles. The van der Waals surface area contributed by atoms with E-state index in [9.17, 15) is 4.79 Å². The molecular formula is C23H22N4O2S2. The standard InChI is InChI=1S/C23H22N4O2S2/c28-23(24-7-8-27-9-11-29-12-10-27)16-5-6-17-18(15-16)26-22(20-4-2-14-31-20)21(25-17)19-3-1-13-30-19/h1-6,13-15H,7-12H2,(H,24,28). The van der Waals surface area contributed by atoms with E-state index < -0.39 is 0 Å². The van der Waals surface area contributed by atoms with Crippen molar-refractivity contribution in [1.29, 1.82) is 0 Å². The Morgan fingerprint density at radius 3 is 2.29 bits per heavy atom. The molecule has 4 aromatic rings. The van der Waals surface area contributed by atoms with E-state index in [0.29, 0.717) is 12.1 Å². The average Bonchev–Trinajstić information content (AvgIpc) is 3.53. The fraction of sp³-hybridized carbons (Fsp3) is 0.261. The van der Waals surface area contributed by atoms with Gasteiger partial charge in [-0.1, -0.05) is 12.1 Å². The lowest BCUT2D eigenvalue weighted by Crippen LogP contribution is -2.41. The van der Waals surface area contributed by atoms with Crippen molar-refractivity contribution < 1.29 is 9.53 Å². The minimum atomic E-state index is -0.0861. The summed E-state index contributed by atoms with van der Waals surface area (Å²) < 4.78 is 5.37. The predicted molar refractivity (Wildman–Crippen MR) is 126 cm³/mol. The molecule has 31 heavy (non-hydrogen) atoms. The van der Waals surface area contributed by atoms with Gasteiger partial charge in [0.15, 0.2) is 0 Å². The third-order valence-electron chi connectivity index (χ3n) is 5.25. The molecule has 1 aromatic carbocycles. The van der Waals surface area contributed by atoms with Gasteiger partial charge in [0, 0.05) is 31.7 Å². The second-order valence-corrected chi connectivity index (χ2v) is 9.18. The quantitative estimate of drug-likeness (QED) is 0.478. The largest absolute Gasteiger partial charge is 0.379 e. The van der Waals surface area contributed by atoms with Crippen LogP contribution in [-0.4, -0.2) is 60.2 Å². The number of amides is 1. The number of carbonyl (C=O) groups excluding carboxylic acids is 1. The van der Waals surface area contributed by atoms with Gasteiger partial charge in [0.25, 0.3) is 5.91 Å². The third-order valence-corrected chi connectivity index (χ3v) is 7.01. The number of nitrogens with zero attached hydrogens (tertiary/aromatic N) is 3. The number of carbonyl (C=O) groups is 1. The van der Waals surface area contributed by atoms with Gasteiger partial charge in [-0.05, 0) is 41.1 Å². The van der Waals surface area contributed by atoms with E-state index in [2.05, 4.69) is 22.3 Å². The Bertz CT molecular complexity index is 1170. The molecule has 0 atom stereocenters. The molecule has 0 aliphatic carbocycles. The van der Waals surface area contributed by atoms with Crippen molar-refractivity contribution in [2.24, 2.45) is 0 Å². The lowest BCUT2D eigenvalue weighted by atomic mass is 10.1. The monoisotopic (exact) mass is 450 g/mol. The van der Waals surface area contributed by atoms with Crippen LogP contribution in [0, 0.1) is 0 Å². The Kier molecular flexibility index (Phi) is 6.04. The second kappa shape index (κ2) is 9.23. The molecule has 5 rings (SSSR count). The Labute approximate surface area is 188 Å². The highest BCUT2D eigenvalue weighted by Crippen LogP contribution is 2.35. The van der Waals surface area contributed by atoms with Crippen molar-refractivity contribution >= 4 is 39.6 Å². The first kappa shape index (κ1) is 20.3. The maximum atomic E-state index is 12.7. The summed E-state index contributed by atoms with van der Waals surface area (Å²) in [6.45, 7) is 4.79. The molecule has 0 bridgehead atoms. The van der Waals surface area contributed by atoms with Gasteiger partial charge in [0.2, 0.25) is 0 Å². The molecule has 1 fully saturated rings. The summed E-state index contributed by atoms with van der Waals surface area (Å²) in [5.74, 6) is -0.0861. The summed E-state index contributed by atoms with van der Waals surface area (Å²) in [5.41, 5.74) is 3.85. The number of aromatic nitrogens is 2. The lowest BCUT2D eigenvalue weighted by Gasteiger charge is -2.26. The Morgan fingerprint density at radius 1 is 0.968 bits per heavy atom. The Balaban J connectivity index is 1.40. The molecule has 158 valence electrons. The molecule has 0 radical (unpaired) electrons. The van der Waals surface area contributed by atoms with E-state index in [1.54, 1.807) is 22.7 Å². The molecule has 1 amide bonds. The topological polar surface area (TPSA) is 67.4 Å². The summed E-state index contributed by atoms with van der Waals surface area (Å²) >= 11 is 3.29. The number of nitrogens with one attached hydrogen (secondary N) is 1. The molecule has 0 unspecified atom stereocenters. The SMILES string of the molecule is O=C(NCCN1CCOCC1)c1ccc2nc(-c3cccs3)c(-c3cccs3)nc2c1. The van der Waals surface area contributed by atoms with E-state index in [-0.39, 0.29) is 5.91 Å². The van der Waals surface area contributed by atoms with Crippen LogP contribution in [0.2, 0.25) is 0 Å². The van der Waals surface area contributed by atoms with Crippen LogP contribution in [-0.2, 0) is 4.74 Å². The molecular weight excluding hydrogens is 428 g/mol. The van der Waals surface area contributed by atoms with Gasteiger partial charge in [-0.25, -0.2) is 9.97 Å². The summed E-state index contributed by atoms with van der Waals surface area (Å²) in [5, 5.41) is 7.11. The van der Waals surface area contributed by atoms with Crippen molar-refractivity contribution in [1.82, 2.24) is 20.2 Å². The number of thiophene rings is 2. The smallest absolute Gasteiger partial charge is 0.251 e. The summed E-state index contributed by atoms with van der Waals surface area (Å²) in [6.07, 6.45) is 0. The predicted octanol–water partition coefficient (Wildman–Crippen LogP) is 4.15. The van der Waals surface area contributed by atoms with E-state index in [1.807, 2.05) is 41.1 Å². The normalized spacial score (nSPS) is 14.7. The maximum absolute atomic E-state index is 12.7. The van der Waals surface area contributed by atoms with Crippen LogP contribution in [0.4, 0.5) is 0 Å². The van der Waals surface area contributed by atoms with Crippen LogP contribution >= 0.6 is 22.7 Å². The van der Waals surface area contributed by atoms with Crippen LogP contribution < -0.4 is 5.32 Å². The third kappa shape index (κ3) is 4.52. The van der Waals surface area contributed by atoms with Crippen LogP contribution in [0.25, 0.3) is 32.2 Å². The van der Waals surface area contributed by atoms with Gasteiger partial charge in [0.05, 0.1) is 34.0 Å². The Hall–Kier alpha value is -2.65. The van der Waals surface area contributed by atoms with E-state index in [4.69, 9.17) is 14.7 Å². The highest BCUT2D eigenvalue weighted by Gasteiger charge is 2.16. The molecule has 8 heteroatoms. The van der Waals surface area contributed by atoms with Crippen LogP contribution in [0.3, 0.4) is 0 Å². The van der Waals surface area contributed by atoms with E-state index in [0.717, 1.165) is 65.0 Å². The molecule has 1 aliphatic rings. The van der Waals surface area contributed by atoms with Gasteiger partial charge < -0.3 is 10.1 Å². The number of benzene rings is 1. The first-order valence-corrected chi connectivity index (χ1v) is 12.0. The number of fused-ring (bicyclic) bond motifs is 1. The number of ether oxygens (including phenoxy) is 1. The zero-order valence-electron chi connectivity index (χ0n) is 16.9. The lowest BCUT2D eigenvalue weighted by molar-refractivity contribution is 0.0383. The van der Waals surface area contributed by atoms with Crippen molar-refractivity contribution in [2.45, 2.75) is 0 Å². The average molecular weight is 451 g/mol. The van der Waals surface area contributed by atoms with Crippen molar-refractivity contribution in [3.05, 3.63) is 58.8 Å². The molecule has 0 saturated carbocycles. The molecule has 0 spiro atoms. The summed E-state index contributed by atoms with van der Waals surface area (Å²) in [6, 6.07) is 13.7. The number of hydrogen-bond donors (Lipinski definition) is 1. The summed E-state index contributed by atoms with van der Waals surface area (Å²) in [4.78, 5) is 27.0. The minimum absolute atomic E-state index is 0.0861. The van der Waals surface area contributed by atoms with Crippen molar-refractivity contribution in [3.8, 4) is 21.1 Å². The Morgan fingerprint density at radius 2 is 1.65 bits per heavy atom. The minimum Gasteiger partial charge on any atom is -0.379 e. The van der Waals surface area contributed by atoms with Crippen molar-refractivity contribution in [3.63, 3.8) is 0 Å². The van der Waals surface area contributed by atoms with Gasteiger partial charge in [0.1, 0.15) is 11.4 Å². The molecule has 6 nitrogen and oxygen atoms in total. The number of hydrogen-bond acceptors (Lipinski definition) is 7. The fourth-order valence-electron chi connectivity index (χ4n) is 3.62. The van der Waals surface area contributed by atoms with Crippen LogP contribution in [0.15, 0.2) is 53.2 Å². The summed E-state index contributed by atoms with van der Waals surface area (Å²) in [7, 11) is 0. The molecule has 1 saturated heterocycles. The van der Waals surface area contributed by atoms with Gasteiger partial charge >= 0.3 is 0 Å². The van der Waals surface area contributed by atoms with Crippen molar-refractivity contribution in [2.75, 3.05) is 39.4 Å². The first-order valence-electron chi connectivity index (χ1n) is 10.3. The van der Waals surface area contributed by atoms with Gasteiger partial charge in [-0.2, -0.15) is 0 Å². The van der Waals surface area contributed by atoms with Gasteiger partial charge in [-0.15, -0.1) is 22.7 Å². The van der Waals surface area contributed by atoms with E-state index >= 15 is 0 Å². The second-order valence-electron chi connectivity index (χ2n) is 7.29. The fourth-order valence-corrected chi connectivity index (χ4v) is 5.05. The molecule has 1 aliphatic heterocycles. The first-order chi connectivity index (χ1) is 15.3. The van der Waals surface area contributed by atoms with Gasteiger partial charge in [-0.3, -0.25) is 9.69 Å². The maximum Gasteiger partial charge on any atom is 0.251 e. The number of morpholine rings is 1. The van der Waals surface area contributed by atoms with Crippen LogP contribution in [0.5, 0.6) is 0 Å². The highest BCUT2D eigenvalue weighted by molar-refractivity contribution is 7.14. The zero-order chi connectivity index (χ0) is 21.0. The van der Waals surface area contributed by atoms with Crippen LogP contribution in [0.1, 0.15) is 10.4 Å². The zero-order valence-corrected chi connectivity index (χ0v) is 18.5. The molecule has 1 N–H and O–H groups in total. The number of rotatable bonds is 6. The van der Waals surface area contributed by atoms with E-state index in [1.165, 1.54) is 0 Å². The molecule has 3 aromatic heterocycles.